The summed E-state index contributed by atoms with van der Waals surface area (Å²) in [5.41, 5.74) is -0.762. The third-order valence-electron chi connectivity index (χ3n) is 3.54. The number of alkyl carbamates (subject to hydrolysis) is 2. The van der Waals surface area contributed by atoms with Crippen molar-refractivity contribution in [2.75, 3.05) is 13.1 Å². The summed E-state index contributed by atoms with van der Waals surface area (Å²) < 4.78 is 15.9. The van der Waals surface area contributed by atoms with Crippen molar-refractivity contribution in [1.82, 2.24) is 15.5 Å². The Balaban J connectivity index is 5.05. The van der Waals surface area contributed by atoms with E-state index in [4.69, 9.17) is 14.2 Å². The first-order chi connectivity index (χ1) is 13.0. The predicted molar refractivity (Wildman–Crippen MR) is 106 cm³/mol. The Hall–Kier alpha value is -2.19. The zero-order valence-electron chi connectivity index (χ0n) is 18.3. The minimum atomic E-state index is -1.00. The second-order valence-corrected chi connectivity index (χ2v) is 7.46. The smallest absolute Gasteiger partial charge is 0.416 e. The molecule has 0 rings (SSSR count). The number of hydrogen-bond donors (Lipinski definition) is 2. The van der Waals surface area contributed by atoms with E-state index in [1.807, 2.05) is 13.8 Å². The number of carbonyl (C=O) groups excluding carboxylic acids is 3. The van der Waals surface area contributed by atoms with Crippen LogP contribution >= 0.6 is 0 Å². The van der Waals surface area contributed by atoms with Crippen molar-refractivity contribution in [3.8, 4) is 0 Å². The summed E-state index contributed by atoms with van der Waals surface area (Å²) in [6.45, 7) is 13.1. The SMILES string of the molecule is CCCCNC(=O)OC(C)N(C(=O)OC(C)(C)C)C(C)OC(=O)NCCCC. The third kappa shape index (κ3) is 11.5. The molecule has 164 valence electrons. The summed E-state index contributed by atoms with van der Waals surface area (Å²) in [5, 5.41) is 5.22. The maximum Gasteiger partial charge on any atom is 0.416 e. The van der Waals surface area contributed by atoms with E-state index in [1.54, 1.807) is 20.8 Å². The molecule has 0 aromatic rings. The first-order valence-corrected chi connectivity index (χ1v) is 9.92. The fourth-order valence-corrected chi connectivity index (χ4v) is 2.15. The number of amides is 3. The summed E-state index contributed by atoms with van der Waals surface area (Å²) in [7, 11) is 0. The Morgan fingerprint density at radius 3 is 1.57 bits per heavy atom. The van der Waals surface area contributed by atoms with Gasteiger partial charge in [-0.25, -0.2) is 19.3 Å². The Morgan fingerprint density at radius 2 is 1.25 bits per heavy atom. The van der Waals surface area contributed by atoms with Crippen molar-refractivity contribution in [3.05, 3.63) is 0 Å². The number of nitrogens with zero attached hydrogens (tertiary/aromatic N) is 1. The zero-order chi connectivity index (χ0) is 21.7. The van der Waals surface area contributed by atoms with E-state index >= 15 is 0 Å². The van der Waals surface area contributed by atoms with Crippen LogP contribution in [0.2, 0.25) is 0 Å². The minimum Gasteiger partial charge on any atom is -0.444 e. The topological polar surface area (TPSA) is 106 Å². The Morgan fingerprint density at radius 1 is 0.857 bits per heavy atom. The molecule has 0 saturated carbocycles. The molecule has 0 fully saturated rings. The van der Waals surface area contributed by atoms with Crippen LogP contribution in [-0.2, 0) is 14.2 Å². The molecule has 0 radical (unpaired) electrons. The molecular formula is C19H37N3O6. The highest BCUT2D eigenvalue weighted by atomic mass is 16.6. The number of hydrogen-bond acceptors (Lipinski definition) is 6. The summed E-state index contributed by atoms with van der Waals surface area (Å²) in [6, 6.07) is 0. The van der Waals surface area contributed by atoms with Gasteiger partial charge in [0, 0.05) is 13.1 Å². The van der Waals surface area contributed by atoms with Gasteiger partial charge >= 0.3 is 18.3 Å². The molecule has 0 saturated heterocycles. The van der Waals surface area contributed by atoms with Crippen LogP contribution in [-0.4, -0.2) is 54.3 Å². The number of ether oxygens (including phenoxy) is 3. The molecular weight excluding hydrogens is 366 g/mol. The Labute approximate surface area is 168 Å². The number of nitrogens with one attached hydrogen (secondary N) is 2. The molecule has 0 aliphatic carbocycles. The van der Waals surface area contributed by atoms with Gasteiger partial charge in [-0.1, -0.05) is 26.7 Å². The normalized spacial score (nSPS) is 13.1. The van der Waals surface area contributed by atoms with Crippen LogP contribution in [0.15, 0.2) is 0 Å². The molecule has 2 atom stereocenters. The van der Waals surface area contributed by atoms with Gasteiger partial charge in [-0.3, -0.25) is 0 Å². The van der Waals surface area contributed by atoms with Crippen LogP contribution in [0.4, 0.5) is 14.4 Å². The maximum absolute atomic E-state index is 12.6. The predicted octanol–water partition coefficient (Wildman–Crippen LogP) is 3.97. The van der Waals surface area contributed by atoms with E-state index in [1.165, 1.54) is 13.8 Å². The number of carbonyl (C=O) groups is 3. The second kappa shape index (κ2) is 13.1. The van der Waals surface area contributed by atoms with Gasteiger partial charge in [0.2, 0.25) is 0 Å². The van der Waals surface area contributed by atoms with Crippen molar-refractivity contribution in [2.45, 2.75) is 92.2 Å². The van der Waals surface area contributed by atoms with E-state index in [0.717, 1.165) is 30.6 Å². The lowest BCUT2D eigenvalue weighted by Crippen LogP contribution is -2.51. The van der Waals surface area contributed by atoms with E-state index in [9.17, 15) is 14.4 Å². The van der Waals surface area contributed by atoms with Gasteiger partial charge in [-0.2, -0.15) is 0 Å². The molecule has 0 aliphatic rings. The summed E-state index contributed by atoms with van der Waals surface area (Å²) in [4.78, 5) is 37.5. The van der Waals surface area contributed by atoms with Gasteiger partial charge in [0.05, 0.1) is 0 Å². The fourth-order valence-electron chi connectivity index (χ4n) is 2.15. The van der Waals surface area contributed by atoms with Gasteiger partial charge in [-0.15, -0.1) is 0 Å². The third-order valence-corrected chi connectivity index (χ3v) is 3.54. The summed E-state index contributed by atoms with van der Waals surface area (Å²) in [6.07, 6.45) is -0.591. The lowest BCUT2D eigenvalue weighted by atomic mass is 10.2. The average molecular weight is 404 g/mol. The van der Waals surface area contributed by atoms with Gasteiger partial charge < -0.3 is 24.8 Å². The first kappa shape index (κ1) is 25.8. The highest BCUT2D eigenvalue weighted by Gasteiger charge is 2.34. The second-order valence-electron chi connectivity index (χ2n) is 7.46. The summed E-state index contributed by atoms with van der Waals surface area (Å²) >= 11 is 0. The zero-order valence-corrected chi connectivity index (χ0v) is 18.3. The highest BCUT2D eigenvalue weighted by molar-refractivity contribution is 5.71. The molecule has 9 nitrogen and oxygen atoms in total. The molecule has 0 bridgehead atoms. The number of unbranched alkanes of at least 4 members (excludes halogenated alkanes) is 2. The largest absolute Gasteiger partial charge is 0.444 e. The molecule has 2 N–H and O–H groups in total. The van der Waals surface area contributed by atoms with Crippen molar-refractivity contribution in [1.29, 1.82) is 0 Å². The lowest BCUT2D eigenvalue weighted by molar-refractivity contribution is -0.0923. The number of rotatable bonds is 10. The molecule has 3 amide bonds. The molecule has 0 aromatic carbocycles. The first-order valence-electron chi connectivity index (χ1n) is 9.92. The maximum atomic E-state index is 12.6. The molecule has 0 aromatic heterocycles. The monoisotopic (exact) mass is 403 g/mol. The van der Waals surface area contributed by atoms with Gasteiger partial charge in [0.15, 0.2) is 12.5 Å². The van der Waals surface area contributed by atoms with Crippen LogP contribution in [0.25, 0.3) is 0 Å². The van der Waals surface area contributed by atoms with E-state index in [2.05, 4.69) is 10.6 Å². The molecule has 0 heterocycles. The van der Waals surface area contributed by atoms with Crippen LogP contribution in [0.1, 0.15) is 74.1 Å². The van der Waals surface area contributed by atoms with Crippen molar-refractivity contribution < 1.29 is 28.6 Å². The van der Waals surface area contributed by atoms with E-state index in [0.29, 0.717) is 13.1 Å². The van der Waals surface area contributed by atoms with Crippen molar-refractivity contribution in [3.63, 3.8) is 0 Å². The molecule has 0 spiro atoms. The highest BCUT2D eigenvalue weighted by Crippen LogP contribution is 2.16. The quantitative estimate of drug-likeness (QED) is 0.325. The standard InChI is InChI=1S/C19H37N3O6/c1-8-10-12-20-16(23)26-14(3)22(18(25)28-19(5,6)7)15(4)27-17(24)21-13-11-9-2/h14-15H,8-13H2,1-7H3,(H,20,23)(H,21,24). The lowest BCUT2D eigenvalue weighted by Gasteiger charge is -2.34. The molecule has 9 heteroatoms. The van der Waals surface area contributed by atoms with Crippen LogP contribution in [0.5, 0.6) is 0 Å². The van der Waals surface area contributed by atoms with Gasteiger partial charge in [0.25, 0.3) is 0 Å². The Kier molecular flexibility index (Phi) is 12.0. The van der Waals surface area contributed by atoms with Crippen LogP contribution in [0.3, 0.4) is 0 Å². The fraction of sp³-hybridized carbons (Fsp3) is 0.842. The summed E-state index contributed by atoms with van der Waals surface area (Å²) in [5.74, 6) is 0. The van der Waals surface area contributed by atoms with Crippen molar-refractivity contribution >= 4 is 18.3 Å². The molecule has 28 heavy (non-hydrogen) atoms. The molecule has 2 unspecified atom stereocenters. The van der Waals surface area contributed by atoms with Crippen LogP contribution < -0.4 is 10.6 Å². The van der Waals surface area contributed by atoms with Gasteiger partial charge in [-0.05, 0) is 47.5 Å². The average Bonchev–Trinajstić information content (AvgIpc) is 2.53. The van der Waals surface area contributed by atoms with Crippen LogP contribution in [0, 0.1) is 0 Å². The van der Waals surface area contributed by atoms with E-state index < -0.39 is 36.3 Å². The Bertz CT molecular complexity index is 463. The van der Waals surface area contributed by atoms with E-state index in [-0.39, 0.29) is 0 Å². The van der Waals surface area contributed by atoms with Gasteiger partial charge in [0.1, 0.15) is 5.60 Å². The van der Waals surface area contributed by atoms with Crippen molar-refractivity contribution in [2.24, 2.45) is 0 Å². The molecule has 0 aliphatic heterocycles. The minimum absolute atomic E-state index is 0.473.